The van der Waals surface area contributed by atoms with Crippen molar-refractivity contribution in [1.82, 2.24) is 0 Å². The monoisotopic (exact) mass is 266 g/mol. The summed E-state index contributed by atoms with van der Waals surface area (Å²) < 4.78 is 5.10. The van der Waals surface area contributed by atoms with Crippen LogP contribution in [-0.4, -0.2) is 18.8 Å². The predicted molar refractivity (Wildman–Crippen MR) is 71.4 cm³/mol. The summed E-state index contributed by atoms with van der Waals surface area (Å²) in [6, 6.07) is 11.5. The first-order valence-electron chi connectivity index (χ1n) is 5.08. The topological polar surface area (TPSA) is 26.3 Å². The van der Waals surface area contributed by atoms with Crippen molar-refractivity contribution in [2.75, 3.05) is 13.0 Å². The number of rotatable bonds is 4. The Kier molecular flexibility index (Phi) is 3.82. The Labute approximate surface area is 109 Å². The van der Waals surface area contributed by atoms with E-state index in [-0.39, 0.29) is 11.7 Å². The molecule has 0 amide bonds. The van der Waals surface area contributed by atoms with Gasteiger partial charge in [-0.15, -0.1) is 22.9 Å². The lowest BCUT2D eigenvalue weighted by molar-refractivity contribution is 0.102. The molecule has 17 heavy (non-hydrogen) atoms. The molecule has 1 aromatic carbocycles. The Bertz CT molecular complexity index is 516. The van der Waals surface area contributed by atoms with Crippen molar-refractivity contribution in [2.24, 2.45) is 0 Å². The van der Waals surface area contributed by atoms with Crippen molar-refractivity contribution in [2.45, 2.75) is 0 Å². The Hall–Kier alpha value is -1.32. The third kappa shape index (κ3) is 2.68. The van der Waals surface area contributed by atoms with Gasteiger partial charge < -0.3 is 4.74 Å². The zero-order valence-corrected chi connectivity index (χ0v) is 10.8. The van der Waals surface area contributed by atoms with E-state index in [0.29, 0.717) is 4.88 Å². The lowest BCUT2D eigenvalue weighted by Crippen LogP contribution is -1.95. The highest BCUT2D eigenvalue weighted by Crippen LogP contribution is 2.29. The molecule has 0 atom stereocenters. The number of halogens is 1. The zero-order valence-electron chi connectivity index (χ0n) is 9.27. The molecular weight excluding hydrogens is 256 g/mol. The van der Waals surface area contributed by atoms with Gasteiger partial charge in [0.1, 0.15) is 5.75 Å². The van der Waals surface area contributed by atoms with Crippen LogP contribution in [0.5, 0.6) is 5.75 Å². The van der Waals surface area contributed by atoms with Crippen LogP contribution < -0.4 is 4.74 Å². The molecule has 0 unspecified atom stereocenters. The van der Waals surface area contributed by atoms with Gasteiger partial charge in [0.2, 0.25) is 0 Å². The number of alkyl halides is 1. The van der Waals surface area contributed by atoms with Crippen LogP contribution in [0.2, 0.25) is 0 Å². The number of ketones is 1. The van der Waals surface area contributed by atoms with Gasteiger partial charge in [-0.1, -0.05) is 0 Å². The van der Waals surface area contributed by atoms with Crippen molar-refractivity contribution in [3.8, 4) is 16.2 Å². The Morgan fingerprint density at radius 2 is 1.94 bits per heavy atom. The lowest BCUT2D eigenvalue weighted by Gasteiger charge is -2.00. The van der Waals surface area contributed by atoms with E-state index in [1.807, 2.05) is 36.4 Å². The molecule has 2 aromatic rings. The zero-order chi connectivity index (χ0) is 12.3. The summed E-state index contributed by atoms with van der Waals surface area (Å²) in [7, 11) is 1.64. The Morgan fingerprint density at radius 1 is 1.24 bits per heavy atom. The first-order chi connectivity index (χ1) is 8.24. The lowest BCUT2D eigenvalue weighted by atomic mass is 10.2. The number of Topliss-reactive ketones (excluding diaryl/α,β-unsaturated/α-hetero) is 1. The summed E-state index contributed by atoms with van der Waals surface area (Å²) in [6.45, 7) is 0. The van der Waals surface area contributed by atoms with Gasteiger partial charge in [0.25, 0.3) is 0 Å². The third-order valence-electron chi connectivity index (χ3n) is 2.38. The second-order valence-corrected chi connectivity index (χ2v) is 4.80. The molecule has 0 aliphatic heterocycles. The highest BCUT2D eigenvalue weighted by Gasteiger charge is 2.08. The molecule has 0 aliphatic rings. The van der Waals surface area contributed by atoms with Crippen molar-refractivity contribution >= 4 is 28.7 Å². The Balaban J connectivity index is 2.27. The summed E-state index contributed by atoms with van der Waals surface area (Å²) in [4.78, 5) is 13.2. The van der Waals surface area contributed by atoms with Crippen LogP contribution in [0.25, 0.3) is 10.4 Å². The molecule has 0 radical (unpaired) electrons. The van der Waals surface area contributed by atoms with Crippen LogP contribution in [0.15, 0.2) is 36.4 Å². The molecule has 0 fully saturated rings. The summed E-state index contributed by atoms with van der Waals surface area (Å²) in [6.07, 6.45) is 0. The molecule has 0 saturated carbocycles. The van der Waals surface area contributed by atoms with Crippen LogP contribution in [0.3, 0.4) is 0 Å². The number of ether oxygens (including phenoxy) is 1. The summed E-state index contributed by atoms with van der Waals surface area (Å²) >= 11 is 6.98. The minimum atomic E-state index is -0.0311. The quantitative estimate of drug-likeness (QED) is 0.621. The standard InChI is InChI=1S/C13H11ClO2S/c1-16-10-4-2-9(3-5-10)12-6-7-13(17-12)11(15)8-14/h2-7H,8H2,1H3. The summed E-state index contributed by atoms with van der Waals surface area (Å²) in [5.41, 5.74) is 1.07. The molecule has 0 N–H and O–H groups in total. The summed E-state index contributed by atoms with van der Waals surface area (Å²) in [5.74, 6) is 0.821. The molecular formula is C13H11ClO2S. The maximum Gasteiger partial charge on any atom is 0.187 e. The van der Waals surface area contributed by atoms with E-state index in [1.165, 1.54) is 11.3 Å². The molecule has 4 heteroatoms. The normalized spacial score (nSPS) is 10.2. The fraction of sp³-hybridized carbons (Fsp3) is 0.154. The molecule has 88 valence electrons. The van der Waals surface area contributed by atoms with Crippen LogP contribution in [0.1, 0.15) is 9.67 Å². The minimum absolute atomic E-state index is 0.0303. The van der Waals surface area contributed by atoms with E-state index >= 15 is 0 Å². The van der Waals surface area contributed by atoms with Crippen molar-refractivity contribution in [3.63, 3.8) is 0 Å². The molecule has 0 aliphatic carbocycles. The number of carbonyl (C=O) groups excluding carboxylic acids is 1. The minimum Gasteiger partial charge on any atom is -0.497 e. The molecule has 2 rings (SSSR count). The first-order valence-corrected chi connectivity index (χ1v) is 6.43. The van der Waals surface area contributed by atoms with E-state index in [9.17, 15) is 4.79 Å². The number of carbonyl (C=O) groups is 1. The van der Waals surface area contributed by atoms with Gasteiger partial charge in [0.05, 0.1) is 17.9 Å². The largest absolute Gasteiger partial charge is 0.497 e. The van der Waals surface area contributed by atoms with Gasteiger partial charge in [-0.25, -0.2) is 0 Å². The molecule has 1 aromatic heterocycles. The molecule has 0 saturated heterocycles. The SMILES string of the molecule is COc1ccc(-c2ccc(C(=O)CCl)s2)cc1. The maximum atomic E-state index is 11.4. The van der Waals surface area contributed by atoms with Gasteiger partial charge in [-0.2, -0.15) is 0 Å². The first kappa shape index (κ1) is 12.1. The second kappa shape index (κ2) is 5.34. The number of hydrogen-bond donors (Lipinski definition) is 0. The van der Waals surface area contributed by atoms with Gasteiger partial charge in [-0.3, -0.25) is 4.79 Å². The number of benzene rings is 1. The van der Waals surface area contributed by atoms with Crippen molar-refractivity contribution in [1.29, 1.82) is 0 Å². The fourth-order valence-electron chi connectivity index (χ4n) is 1.46. The number of hydrogen-bond acceptors (Lipinski definition) is 3. The molecule has 2 nitrogen and oxygen atoms in total. The molecule has 0 spiro atoms. The highest BCUT2D eigenvalue weighted by atomic mass is 35.5. The van der Waals surface area contributed by atoms with E-state index < -0.39 is 0 Å². The van der Waals surface area contributed by atoms with Gasteiger partial charge in [0.15, 0.2) is 5.78 Å². The van der Waals surface area contributed by atoms with Crippen LogP contribution in [-0.2, 0) is 0 Å². The van der Waals surface area contributed by atoms with Crippen molar-refractivity contribution < 1.29 is 9.53 Å². The van der Waals surface area contributed by atoms with E-state index in [0.717, 1.165) is 16.2 Å². The number of thiophene rings is 1. The van der Waals surface area contributed by atoms with Crippen LogP contribution in [0.4, 0.5) is 0 Å². The van der Waals surface area contributed by atoms with Gasteiger partial charge in [0, 0.05) is 4.88 Å². The number of methoxy groups -OCH3 is 1. The maximum absolute atomic E-state index is 11.4. The molecule has 1 heterocycles. The highest BCUT2D eigenvalue weighted by molar-refractivity contribution is 7.17. The van der Waals surface area contributed by atoms with E-state index in [4.69, 9.17) is 16.3 Å². The van der Waals surface area contributed by atoms with Crippen LogP contribution >= 0.6 is 22.9 Å². The third-order valence-corrected chi connectivity index (χ3v) is 3.79. The van der Waals surface area contributed by atoms with E-state index in [2.05, 4.69) is 0 Å². The smallest absolute Gasteiger partial charge is 0.187 e. The fourth-order valence-corrected chi connectivity index (χ4v) is 2.64. The molecule has 0 bridgehead atoms. The van der Waals surface area contributed by atoms with Gasteiger partial charge >= 0.3 is 0 Å². The average Bonchev–Trinajstić information content (AvgIpc) is 2.87. The summed E-state index contributed by atoms with van der Waals surface area (Å²) in [5, 5.41) is 0. The van der Waals surface area contributed by atoms with Gasteiger partial charge in [-0.05, 0) is 42.0 Å². The van der Waals surface area contributed by atoms with E-state index in [1.54, 1.807) is 7.11 Å². The predicted octanol–water partition coefficient (Wildman–Crippen LogP) is 3.85. The van der Waals surface area contributed by atoms with Crippen molar-refractivity contribution in [3.05, 3.63) is 41.3 Å². The Morgan fingerprint density at radius 3 is 2.53 bits per heavy atom. The second-order valence-electron chi connectivity index (χ2n) is 3.45. The average molecular weight is 267 g/mol. The van der Waals surface area contributed by atoms with Crippen LogP contribution in [0, 0.1) is 0 Å².